The van der Waals surface area contributed by atoms with Crippen LogP contribution in [-0.4, -0.2) is 12.4 Å². The van der Waals surface area contributed by atoms with Gasteiger partial charge >= 0.3 is 0 Å². The Bertz CT molecular complexity index is 604. The zero-order valence-electron chi connectivity index (χ0n) is 13.8. The molecule has 2 nitrogen and oxygen atoms in total. The number of hydrogen-bond acceptors (Lipinski definition) is 2. The molecule has 2 aromatic carbocycles. The molecule has 0 spiro atoms. The number of anilines is 1. The lowest BCUT2D eigenvalue weighted by atomic mass is 10.1. The van der Waals surface area contributed by atoms with E-state index in [1.54, 1.807) is 0 Å². The highest BCUT2D eigenvalue weighted by atomic mass is 15.2. The first-order valence-corrected chi connectivity index (χ1v) is 8.83. The van der Waals surface area contributed by atoms with Gasteiger partial charge in [0.05, 0.1) is 0 Å². The topological polar surface area (TPSA) is 15.6 Å². The molecule has 0 atom stereocenters. The van der Waals surface area contributed by atoms with E-state index in [0.29, 0.717) is 0 Å². The molecule has 2 aromatic rings. The minimum atomic E-state index is 0.893. The summed E-state index contributed by atoms with van der Waals surface area (Å²) in [5.74, 6) is 1.25. The predicted molar refractivity (Wildman–Crippen MR) is 99.1 cm³/mol. The van der Waals surface area contributed by atoms with Crippen LogP contribution in [0.5, 0.6) is 0 Å². The second-order valence-corrected chi connectivity index (χ2v) is 6.22. The number of para-hydroxylation sites is 1. The molecule has 0 aromatic heterocycles. The molecule has 23 heavy (non-hydrogen) atoms. The minimum Gasteiger partial charge on any atom is -0.326 e. The molecule has 3 rings (SSSR count). The highest BCUT2D eigenvalue weighted by Gasteiger charge is 2.14. The van der Waals surface area contributed by atoms with Gasteiger partial charge in [-0.05, 0) is 30.5 Å². The van der Waals surface area contributed by atoms with Crippen LogP contribution in [-0.2, 0) is 6.54 Å². The Balaban J connectivity index is 1.87. The molecule has 0 bridgehead atoms. The Morgan fingerprint density at radius 2 is 1.39 bits per heavy atom. The second kappa shape index (κ2) is 8.52. The maximum absolute atomic E-state index is 4.96. The lowest BCUT2D eigenvalue weighted by molar-refractivity contribution is 0.638. The molecular formula is C21H26N2. The SMILES string of the molecule is c1ccc(CN(C2=NCCCCCCC2)c2ccccc2)cc1. The van der Waals surface area contributed by atoms with Crippen LogP contribution >= 0.6 is 0 Å². The van der Waals surface area contributed by atoms with Crippen LogP contribution in [0, 0.1) is 0 Å². The highest BCUT2D eigenvalue weighted by Crippen LogP contribution is 2.21. The monoisotopic (exact) mass is 306 g/mol. The van der Waals surface area contributed by atoms with Crippen LogP contribution in [0.2, 0.25) is 0 Å². The predicted octanol–water partition coefficient (Wildman–Crippen LogP) is 5.45. The van der Waals surface area contributed by atoms with Crippen molar-refractivity contribution >= 4 is 11.5 Å². The van der Waals surface area contributed by atoms with Crippen molar-refractivity contribution in [2.45, 2.75) is 45.1 Å². The van der Waals surface area contributed by atoms with E-state index < -0.39 is 0 Å². The summed E-state index contributed by atoms with van der Waals surface area (Å²) in [6.07, 6.45) is 7.55. The average molecular weight is 306 g/mol. The molecule has 1 aliphatic rings. The minimum absolute atomic E-state index is 0.893. The van der Waals surface area contributed by atoms with E-state index in [4.69, 9.17) is 4.99 Å². The molecular weight excluding hydrogens is 280 g/mol. The summed E-state index contributed by atoms with van der Waals surface area (Å²) in [5, 5.41) is 0. The van der Waals surface area contributed by atoms with Gasteiger partial charge in [-0.25, -0.2) is 0 Å². The maximum Gasteiger partial charge on any atom is 0.104 e. The molecule has 1 heterocycles. The summed E-state index contributed by atoms with van der Waals surface area (Å²) in [6, 6.07) is 21.4. The number of aliphatic imine (C=N–C) groups is 1. The first-order valence-electron chi connectivity index (χ1n) is 8.83. The quantitative estimate of drug-likeness (QED) is 0.736. The summed E-state index contributed by atoms with van der Waals surface area (Å²) in [4.78, 5) is 7.36. The van der Waals surface area contributed by atoms with Crippen LogP contribution in [0.1, 0.15) is 44.1 Å². The van der Waals surface area contributed by atoms with Crippen LogP contribution in [0.15, 0.2) is 65.7 Å². The third-order valence-corrected chi connectivity index (χ3v) is 4.42. The number of hydrogen-bond donors (Lipinski definition) is 0. The van der Waals surface area contributed by atoms with Crippen LogP contribution < -0.4 is 4.90 Å². The standard InChI is InChI=1S/C21H26N2/c1-2-10-16-21(22-17-11-3-1)23(20-14-8-5-9-15-20)18-19-12-6-4-7-13-19/h4-9,12-15H,1-3,10-11,16-18H2. The van der Waals surface area contributed by atoms with Crippen molar-refractivity contribution in [3.05, 3.63) is 66.2 Å². The zero-order chi connectivity index (χ0) is 15.7. The number of amidine groups is 1. The lowest BCUT2D eigenvalue weighted by Crippen LogP contribution is -2.30. The van der Waals surface area contributed by atoms with Crippen LogP contribution in [0.3, 0.4) is 0 Å². The fraction of sp³-hybridized carbons (Fsp3) is 0.381. The van der Waals surface area contributed by atoms with E-state index >= 15 is 0 Å². The van der Waals surface area contributed by atoms with E-state index in [1.807, 2.05) is 0 Å². The number of rotatable bonds is 3. The third kappa shape index (κ3) is 4.69. The average Bonchev–Trinajstić information content (AvgIpc) is 2.75. The van der Waals surface area contributed by atoms with Gasteiger partial charge in [-0.15, -0.1) is 0 Å². The Labute approximate surface area is 139 Å². The molecule has 0 unspecified atom stereocenters. The highest BCUT2D eigenvalue weighted by molar-refractivity contribution is 5.97. The molecule has 0 N–H and O–H groups in total. The molecule has 0 radical (unpaired) electrons. The van der Waals surface area contributed by atoms with E-state index in [1.165, 1.54) is 49.2 Å². The van der Waals surface area contributed by atoms with Gasteiger partial charge in [-0.3, -0.25) is 4.99 Å². The molecule has 0 amide bonds. The Kier molecular flexibility index (Phi) is 5.85. The molecule has 0 saturated carbocycles. The Hall–Kier alpha value is -2.09. The van der Waals surface area contributed by atoms with Gasteiger partial charge in [0, 0.05) is 25.2 Å². The fourth-order valence-electron chi connectivity index (χ4n) is 3.14. The molecule has 120 valence electrons. The molecule has 0 aliphatic carbocycles. The maximum atomic E-state index is 4.96. The molecule has 0 saturated heterocycles. The van der Waals surface area contributed by atoms with E-state index in [-0.39, 0.29) is 0 Å². The summed E-state index contributed by atoms with van der Waals surface area (Å²) in [7, 11) is 0. The largest absolute Gasteiger partial charge is 0.326 e. The van der Waals surface area contributed by atoms with Crippen molar-refractivity contribution < 1.29 is 0 Å². The van der Waals surface area contributed by atoms with Crippen LogP contribution in [0.25, 0.3) is 0 Å². The van der Waals surface area contributed by atoms with Gasteiger partial charge in [0.15, 0.2) is 0 Å². The van der Waals surface area contributed by atoms with Crippen molar-refractivity contribution in [2.24, 2.45) is 4.99 Å². The smallest absolute Gasteiger partial charge is 0.104 e. The van der Waals surface area contributed by atoms with Gasteiger partial charge in [-0.2, -0.15) is 0 Å². The number of benzene rings is 2. The van der Waals surface area contributed by atoms with E-state index in [0.717, 1.165) is 19.5 Å². The van der Waals surface area contributed by atoms with Crippen molar-refractivity contribution in [1.29, 1.82) is 0 Å². The first-order chi connectivity index (χ1) is 11.4. The van der Waals surface area contributed by atoms with Gasteiger partial charge in [0.1, 0.15) is 5.84 Å². The summed E-state index contributed by atoms with van der Waals surface area (Å²) in [5.41, 5.74) is 2.58. The van der Waals surface area contributed by atoms with E-state index in [9.17, 15) is 0 Å². The van der Waals surface area contributed by atoms with Crippen LogP contribution in [0.4, 0.5) is 5.69 Å². The first kappa shape index (κ1) is 15.8. The van der Waals surface area contributed by atoms with Gasteiger partial charge in [-0.1, -0.05) is 67.8 Å². The molecule has 2 heteroatoms. The van der Waals surface area contributed by atoms with Gasteiger partial charge < -0.3 is 4.90 Å². The lowest BCUT2D eigenvalue weighted by Gasteiger charge is -2.27. The van der Waals surface area contributed by atoms with Crippen molar-refractivity contribution in [1.82, 2.24) is 0 Å². The zero-order valence-corrected chi connectivity index (χ0v) is 13.8. The van der Waals surface area contributed by atoms with Crippen molar-refractivity contribution in [3.8, 4) is 0 Å². The Morgan fingerprint density at radius 1 is 0.739 bits per heavy atom. The van der Waals surface area contributed by atoms with E-state index in [2.05, 4.69) is 65.6 Å². The molecule has 1 aliphatic heterocycles. The second-order valence-electron chi connectivity index (χ2n) is 6.22. The summed E-state index contributed by atoms with van der Waals surface area (Å²) in [6.45, 7) is 1.86. The summed E-state index contributed by atoms with van der Waals surface area (Å²) < 4.78 is 0. The van der Waals surface area contributed by atoms with Crippen molar-refractivity contribution in [3.63, 3.8) is 0 Å². The normalized spacial score (nSPS) is 15.9. The van der Waals surface area contributed by atoms with Gasteiger partial charge in [0.2, 0.25) is 0 Å². The Morgan fingerprint density at radius 3 is 2.17 bits per heavy atom. The number of nitrogens with zero attached hydrogens (tertiary/aromatic N) is 2. The van der Waals surface area contributed by atoms with Gasteiger partial charge in [0.25, 0.3) is 0 Å². The third-order valence-electron chi connectivity index (χ3n) is 4.42. The van der Waals surface area contributed by atoms with Crippen molar-refractivity contribution in [2.75, 3.05) is 11.4 Å². The summed E-state index contributed by atoms with van der Waals surface area (Å²) >= 11 is 0. The fourth-order valence-corrected chi connectivity index (χ4v) is 3.14. The molecule has 0 fully saturated rings.